The van der Waals surface area contributed by atoms with Gasteiger partial charge in [-0.2, -0.15) is 10.2 Å². The quantitative estimate of drug-likeness (QED) is 0.661. The molecule has 1 heterocycles. The first kappa shape index (κ1) is 7.98. The Morgan fingerprint density at radius 1 is 1.45 bits per heavy atom. The van der Waals surface area contributed by atoms with E-state index in [1.165, 1.54) is 0 Å². The Hall–Kier alpha value is -1.12. The molecule has 1 rings (SSSR count). The summed E-state index contributed by atoms with van der Waals surface area (Å²) < 4.78 is 0. The van der Waals surface area contributed by atoms with Gasteiger partial charge in [-0.1, -0.05) is 13.8 Å². The third-order valence-corrected chi connectivity index (χ3v) is 1.66. The van der Waals surface area contributed by atoms with E-state index in [0.717, 1.165) is 16.9 Å². The number of hydrogen-bond donors (Lipinski definition) is 1. The summed E-state index contributed by atoms with van der Waals surface area (Å²) in [4.78, 5) is 0. The van der Waals surface area contributed by atoms with E-state index >= 15 is 0 Å². The van der Waals surface area contributed by atoms with Crippen molar-refractivity contribution < 1.29 is 0 Å². The number of hydrogen-bond acceptors (Lipinski definition) is 3. The summed E-state index contributed by atoms with van der Waals surface area (Å²) in [5.41, 5.74) is 8.45. The van der Waals surface area contributed by atoms with Gasteiger partial charge in [-0.15, -0.1) is 0 Å². The van der Waals surface area contributed by atoms with E-state index in [4.69, 9.17) is 5.73 Å². The van der Waals surface area contributed by atoms with E-state index in [9.17, 15) is 0 Å². The lowest BCUT2D eigenvalue weighted by atomic mass is 10.1. The topological polar surface area (TPSA) is 51.8 Å². The molecule has 2 N–H and O–H groups in total. The maximum Gasteiger partial charge on any atom is 0.0887 e. The number of rotatable bonds is 1. The van der Waals surface area contributed by atoms with Crippen molar-refractivity contribution >= 4 is 5.69 Å². The standard InChI is InChI=1S/C8H13N3/c1-5(2)8-7(9)6(3)4-10-11-8/h4-5H,1-3H3,(H2,9,10). The summed E-state index contributed by atoms with van der Waals surface area (Å²) in [6.07, 6.45) is 1.68. The molecular weight excluding hydrogens is 138 g/mol. The van der Waals surface area contributed by atoms with Gasteiger partial charge < -0.3 is 5.73 Å². The summed E-state index contributed by atoms with van der Waals surface area (Å²) in [7, 11) is 0. The van der Waals surface area contributed by atoms with Gasteiger partial charge in [-0.05, 0) is 18.4 Å². The molecule has 0 spiro atoms. The van der Waals surface area contributed by atoms with Crippen LogP contribution in [0, 0.1) is 6.92 Å². The fraction of sp³-hybridized carbons (Fsp3) is 0.500. The van der Waals surface area contributed by atoms with Gasteiger partial charge in [0.15, 0.2) is 0 Å². The molecule has 0 fully saturated rings. The molecule has 3 heteroatoms. The van der Waals surface area contributed by atoms with Crippen molar-refractivity contribution in [1.29, 1.82) is 0 Å². The van der Waals surface area contributed by atoms with E-state index in [-0.39, 0.29) is 0 Å². The first-order valence-corrected chi connectivity index (χ1v) is 3.70. The van der Waals surface area contributed by atoms with Gasteiger partial charge in [0.1, 0.15) is 0 Å². The summed E-state index contributed by atoms with van der Waals surface area (Å²) in [5, 5.41) is 7.80. The van der Waals surface area contributed by atoms with Crippen molar-refractivity contribution in [1.82, 2.24) is 10.2 Å². The molecule has 0 aromatic carbocycles. The van der Waals surface area contributed by atoms with E-state index in [1.807, 2.05) is 6.92 Å². The van der Waals surface area contributed by atoms with Crippen LogP contribution < -0.4 is 5.73 Å². The molecule has 1 aromatic heterocycles. The van der Waals surface area contributed by atoms with Crippen molar-refractivity contribution in [3.8, 4) is 0 Å². The number of nitrogen functional groups attached to an aromatic ring is 1. The van der Waals surface area contributed by atoms with Crippen LogP contribution in [0.3, 0.4) is 0 Å². The number of anilines is 1. The number of aromatic nitrogens is 2. The molecule has 0 aliphatic rings. The van der Waals surface area contributed by atoms with Gasteiger partial charge in [-0.25, -0.2) is 0 Å². The molecule has 11 heavy (non-hydrogen) atoms. The molecule has 0 saturated heterocycles. The molecule has 1 aromatic rings. The average molecular weight is 151 g/mol. The van der Waals surface area contributed by atoms with Crippen LogP contribution in [0.25, 0.3) is 0 Å². The van der Waals surface area contributed by atoms with Crippen LogP contribution in [0.1, 0.15) is 31.0 Å². The number of nitrogens with zero attached hydrogens (tertiary/aromatic N) is 2. The predicted molar refractivity (Wildman–Crippen MR) is 45.3 cm³/mol. The van der Waals surface area contributed by atoms with E-state index in [2.05, 4.69) is 24.0 Å². The van der Waals surface area contributed by atoms with Crippen molar-refractivity contribution in [3.05, 3.63) is 17.5 Å². The van der Waals surface area contributed by atoms with Crippen molar-refractivity contribution in [2.75, 3.05) is 5.73 Å². The van der Waals surface area contributed by atoms with E-state index in [1.54, 1.807) is 6.20 Å². The summed E-state index contributed by atoms with van der Waals surface area (Å²) in [6.45, 7) is 6.05. The first-order valence-electron chi connectivity index (χ1n) is 3.70. The average Bonchev–Trinajstić information content (AvgIpc) is 1.94. The summed E-state index contributed by atoms with van der Waals surface area (Å²) in [5.74, 6) is 0.349. The minimum atomic E-state index is 0.349. The van der Waals surface area contributed by atoms with Gasteiger partial charge in [0.2, 0.25) is 0 Å². The highest BCUT2D eigenvalue weighted by Crippen LogP contribution is 2.20. The Morgan fingerprint density at radius 3 is 2.55 bits per heavy atom. The smallest absolute Gasteiger partial charge is 0.0887 e. The zero-order valence-electron chi connectivity index (χ0n) is 7.13. The predicted octanol–water partition coefficient (Wildman–Crippen LogP) is 1.49. The van der Waals surface area contributed by atoms with Gasteiger partial charge in [0.25, 0.3) is 0 Å². The minimum Gasteiger partial charge on any atom is -0.397 e. The molecule has 0 saturated carbocycles. The summed E-state index contributed by atoms with van der Waals surface area (Å²) >= 11 is 0. The maximum atomic E-state index is 5.78. The first-order chi connectivity index (χ1) is 5.13. The molecule has 3 nitrogen and oxygen atoms in total. The van der Waals surface area contributed by atoms with Crippen LogP contribution in [-0.4, -0.2) is 10.2 Å². The van der Waals surface area contributed by atoms with Gasteiger partial charge in [-0.3, -0.25) is 0 Å². The number of aryl methyl sites for hydroxylation is 1. The minimum absolute atomic E-state index is 0.349. The second-order valence-corrected chi connectivity index (χ2v) is 2.98. The van der Waals surface area contributed by atoms with Crippen molar-refractivity contribution in [2.45, 2.75) is 26.7 Å². The van der Waals surface area contributed by atoms with Gasteiger partial charge in [0, 0.05) is 0 Å². The summed E-state index contributed by atoms with van der Waals surface area (Å²) in [6, 6.07) is 0. The van der Waals surface area contributed by atoms with Crippen LogP contribution in [0.2, 0.25) is 0 Å². The molecule has 0 atom stereocenters. The Morgan fingerprint density at radius 2 is 2.09 bits per heavy atom. The molecule has 0 unspecified atom stereocenters. The molecule has 60 valence electrons. The fourth-order valence-electron chi connectivity index (χ4n) is 0.930. The Balaban J connectivity index is 3.17. The maximum absolute atomic E-state index is 5.78. The molecule has 0 bridgehead atoms. The Bertz CT molecular complexity index is 256. The molecular formula is C8H13N3. The van der Waals surface area contributed by atoms with Crippen LogP contribution >= 0.6 is 0 Å². The van der Waals surface area contributed by atoms with Crippen LogP contribution in [0.4, 0.5) is 5.69 Å². The lowest BCUT2D eigenvalue weighted by Gasteiger charge is -2.07. The molecule has 0 aliphatic carbocycles. The van der Waals surface area contributed by atoms with E-state index in [0.29, 0.717) is 5.92 Å². The third kappa shape index (κ3) is 1.48. The molecule has 0 amide bonds. The normalized spacial score (nSPS) is 10.5. The second-order valence-electron chi connectivity index (χ2n) is 2.98. The highest BCUT2D eigenvalue weighted by Gasteiger charge is 2.07. The van der Waals surface area contributed by atoms with Gasteiger partial charge in [0.05, 0.1) is 17.6 Å². The zero-order valence-corrected chi connectivity index (χ0v) is 7.13. The van der Waals surface area contributed by atoms with Crippen LogP contribution in [0.5, 0.6) is 0 Å². The lowest BCUT2D eigenvalue weighted by molar-refractivity contribution is 0.786. The fourth-order valence-corrected chi connectivity index (χ4v) is 0.930. The largest absolute Gasteiger partial charge is 0.397 e. The third-order valence-electron chi connectivity index (χ3n) is 1.66. The highest BCUT2D eigenvalue weighted by molar-refractivity contribution is 5.49. The monoisotopic (exact) mass is 151 g/mol. The SMILES string of the molecule is Cc1cnnc(C(C)C)c1N. The van der Waals surface area contributed by atoms with Crippen molar-refractivity contribution in [3.63, 3.8) is 0 Å². The molecule has 0 aliphatic heterocycles. The van der Waals surface area contributed by atoms with Gasteiger partial charge >= 0.3 is 0 Å². The second kappa shape index (κ2) is 2.86. The zero-order chi connectivity index (χ0) is 8.43. The molecule has 0 radical (unpaired) electrons. The Labute approximate surface area is 66.6 Å². The van der Waals surface area contributed by atoms with Crippen LogP contribution in [0.15, 0.2) is 6.20 Å². The number of nitrogens with two attached hydrogens (primary N) is 1. The van der Waals surface area contributed by atoms with Crippen LogP contribution in [-0.2, 0) is 0 Å². The lowest BCUT2D eigenvalue weighted by Crippen LogP contribution is -2.03. The van der Waals surface area contributed by atoms with E-state index < -0.39 is 0 Å². The highest BCUT2D eigenvalue weighted by atomic mass is 15.1. The van der Waals surface area contributed by atoms with Crippen molar-refractivity contribution in [2.24, 2.45) is 0 Å². The Kier molecular flexibility index (Phi) is 2.08.